The second kappa shape index (κ2) is 6.15. The van der Waals surface area contributed by atoms with Gasteiger partial charge in [0.25, 0.3) is 0 Å². The molecule has 0 spiro atoms. The SMILES string of the molecule is CCCC(C)(N)C(=O)N1CCN(CC(N)=O)CC1. The van der Waals surface area contributed by atoms with E-state index in [9.17, 15) is 9.59 Å². The molecule has 1 aliphatic heterocycles. The van der Waals surface area contributed by atoms with Gasteiger partial charge in [0.1, 0.15) is 0 Å². The minimum atomic E-state index is -0.777. The number of primary amides is 1. The number of carbonyl (C=O) groups excluding carboxylic acids is 2. The molecule has 1 heterocycles. The molecule has 4 N–H and O–H groups in total. The number of piperazine rings is 1. The van der Waals surface area contributed by atoms with Crippen LogP contribution < -0.4 is 11.5 Å². The normalized spacial score (nSPS) is 20.5. The third-order valence-electron chi connectivity index (χ3n) is 3.30. The Kier molecular flexibility index (Phi) is 5.10. The lowest BCUT2D eigenvalue weighted by Gasteiger charge is -2.38. The van der Waals surface area contributed by atoms with Crippen LogP contribution in [0.3, 0.4) is 0 Å². The van der Waals surface area contributed by atoms with Gasteiger partial charge in [-0.3, -0.25) is 14.5 Å². The van der Waals surface area contributed by atoms with E-state index < -0.39 is 5.54 Å². The van der Waals surface area contributed by atoms with Gasteiger partial charge in [-0.05, 0) is 13.3 Å². The number of amides is 2. The van der Waals surface area contributed by atoms with E-state index in [4.69, 9.17) is 11.5 Å². The average molecular weight is 256 g/mol. The molecule has 104 valence electrons. The molecule has 6 nitrogen and oxygen atoms in total. The number of carbonyl (C=O) groups is 2. The van der Waals surface area contributed by atoms with Crippen molar-refractivity contribution in [3.05, 3.63) is 0 Å². The Labute approximate surface area is 108 Å². The number of nitrogens with zero attached hydrogens (tertiary/aromatic N) is 2. The largest absolute Gasteiger partial charge is 0.369 e. The van der Waals surface area contributed by atoms with Crippen LogP contribution in [0, 0.1) is 0 Å². The van der Waals surface area contributed by atoms with Crippen molar-refractivity contribution in [2.45, 2.75) is 32.2 Å². The highest BCUT2D eigenvalue weighted by atomic mass is 16.2. The fraction of sp³-hybridized carbons (Fsp3) is 0.833. The molecule has 18 heavy (non-hydrogen) atoms. The van der Waals surface area contributed by atoms with Gasteiger partial charge in [-0.25, -0.2) is 0 Å². The summed E-state index contributed by atoms with van der Waals surface area (Å²) in [6.45, 7) is 6.65. The van der Waals surface area contributed by atoms with Gasteiger partial charge < -0.3 is 16.4 Å². The van der Waals surface area contributed by atoms with Crippen LogP contribution in [0.2, 0.25) is 0 Å². The van der Waals surface area contributed by atoms with Crippen LogP contribution in [0.25, 0.3) is 0 Å². The van der Waals surface area contributed by atoms with E-state index in [0.717, 1.165) is 6.42 Å². The van der Waals surface area contributed by atoms with E-state index in [2.05, 4.69) is 0 Å². The van der Waals surface area contributed by atoms with Crippen LogP contribution in [0.1, 0.15) is 26.7 Å². The second-order valence-corrected chi connectivity index (χ2v) is 5.20. The van der Waals surface area contributed by atoms with Gasteiger partial charge >= 0.3 is 0 Å². The number of rotatable bonds is 5. The summed E-state index contributed by atoms with van der Waals surface area (Å²) in [6, 6.07) is 0. The minimum Gasteiger partial charge on any atom is -0.369 e. The lowest BCUT2D eigenvalue weighted by molar-refractivity contribution is -0.138. The van der Waals surface area contributed by atoms with Crippen molar-refractivity contribution in [2.75, 3.05) is 32.7 Å². The van der Waals surface area contributed by atoms with Crippen molar-refractivity contribution in [1.82, 2.24) is 9.80 Å². The predicted molar refractivity (Wildman–Crippen MR) is 69.7 cm³/mol. The number of nitrogens with two attached hydrogens (primary N) is 2. The standard InChI is InChI=1S/C12H24N4O2/c1-3-4-12(2,14)11(18)16-7-5-15(6-8-16)9-10(13)17/h3-9,14H2,1-2H3,(H2,13,17). The summed E-state index contributed by atoms with van der Waals surface area (Å²) in [5.74, 6) is -0.326. The van der Waals surface area contributed by atoms with Crippen molar-refractivity contribution < 1.29 is 9.59 Å². The predicted octanol–water partition coefficient (Wildman–Crippen LogP) is -0.867. The molecule has 1 rings (SSSR count). The summed E-state index contributed by atoms with van der Waals surface area (Å²) in [4.78, 5) is 26.8. The Hall–Kier alpha value is -1.14. The molecule has 0 aromatic heterocycles. The Bertz CT molecular complexity index is 309. The van der Waals surface area contributed by atoms with Crippen molar-refractivity contribution in [1.29, 1.82) is 0 Å². The van der Waals surface area contributed by atoms with Crippen LogP contribution in [0.5, 0.6) is 0 Å². The molecule has 0 aromatic carbocycles. The second-order valence-electron chi connectivity index (χ2n) is 5.20. The van der Waals surface area contributed by atoms with E-state index in [-0.39, 0.29) is 18.4 Å². The fourth-order valence-corrected chi connectivity index (χ4v) is 2.32. The maximum Gasteiger partial charge on any atom is 0.242 e. The maximum absolute atomic E-state index is 12.2. The molecule has 6 heteroatoms. The Morgan fingerprint density at radius 3 is 2.22 bits per heavy atom. The minimum absolute atomic E-state index is 0.00285. The molecule has 0 bridgehead atoms. The third-order valence-corrected chi connectivity index (χ3v) is 3.30. The molecule has 1 aliphatic rings. The first-order valence-corrected chi connectivity index (χ1v) is 6.45. The van der Waals surface area contributed by atoms with E-state index >= 15 is 0 Å². The molecule has 1 atom stereocenters. The van der Waals surface area contributed by atoms with E-state index in [1.165, 1.54) is 0 Å². The fourth-order valence-electron chi connectivity index (χ4n) is 2.32. The number of hydrogen-bond acceptors (Lipinski definition) is 4. The molecule has 1 saturated heterocycles. The zero-order chi connectivity index (χ0) is 13.8. The quantitative estimate of drug-likeness (QED) is 0.669. The summed E-state index contributed by atoms with van der Waals surface area (Å²) in [7, 11) is 0. The first kappa shape index (κ1) is 14.9. The van der Waals surface area contributed by atoms with Gasteiger partial charge in [0.2, 0.25) is 11.8 Å². The summed E-state index contributed by atoms with van der Waals surface area (Å²) < 4.78 is 0. The lowest BCUT2D eigenvalue weighted by atomic mass is 9.95. The lowest BCUT2D eigenvalue weighted by Crippen LogP contribution is -2.58. The van der Waals surface area contributed by atoms with E-state index in [0.29, 0.717) is 32.6 Å². The summed E-state index contributed by atoms with van der Waals surface area (Å²) in [5.41, 5.74) is 10.4. The van der Waals surface area contributed by atoms with E-state index in [1.54, 1.807) is 11.8 Å². The van der Waals surface area contributed by atoms with Gasteiger partial charge in [-0.1, -0.05) is 13.3 Å². The Morgan fingerprint density at radius 1 is 1.22 bits per heavy atom. The van der Waals surface area contributed by atoms with Gasteiger partial charge in [0.15, 0.2) is 0 Å². The van der Waals surface area contributed by atoms with Crippen LogP contribution >= 0.6 is 0 Å². The molecular weight excluding hydrogens is 232 g/mol. The van der Waals surface area contributed by atoms with Crippen LogP contribution in [0.4, 0.5) is 0 Å². The third kappa shape index (κ3) is 3.96. The van der Waals surface area contributed by atoms with Crippen molar-refractivity contribution >= 4 is 11.8 Å². The smallest absolute Gasteiger partial charge is 0.242 e. The molecular formula is C12H24N4O2. The highest BCUT2D eigenvalue weighted by Crippen LogP contribution is 2.14. The van der Waals surface area contributed by atoms with Gasteiger partial charge in [-0.2, -0.15) is 0 Å². The molecule has 1 unspecified atom stereocenters. The molecule has 2 amide bonds. The summed E-state index contributed by atoms with van der Waals surface area (Å²) >= 11 is 0. The number of hydrogen-bond donors (Lipinski definition) is 2. The highest BCUT2D eigenvalue weighted by molar-refractivity contribution is 5.85. The van der Waals surface area contributed by atoms with Gasteiger partial charge in [0, 0.05) is 26.2 Å². The molecule has 0 aromatic rings. The molecule has 1 fully saturated rings. The van der Waals surface area contributed by atoms with Crippen molar-refractivity contribution in [3.8, 4) is 0 Å². The van der Waals surface area contributed by atoms with Crippen molar-refractivity contribution in [2.24, 2.45) is 11.5 Å². The Morgan fingerprint density at radius 2 is 1.78 bits per heavy atom. The Balaban J connectivity index is 2.47. The molecule has 0 aliphatic carbocycles. The topological polar surface area (TPSA) is 92.7 Å². The van der Waals surface area contributed by atoms with Crippen LogP contribution in [-0.2, 0) is 9.59 Å². The van der Waals surface area contributed by atoms with Crippen LogP contribution in [-0.4, -0.2) is 59.9 Å². The zero-order valence-electron chi connectivity index (χ0n) is 11.3. The average Bonchev–Trinajstić information content (AvgIpc) is 2.28. The maximum atomic E-state index is 12.2. The van der Waals surface area contributed by atoms with Gasteiger partial charge in [0.05, 0.1) is 12.1 Å². The first-order valence-electron chi connectivity index (χ1n) is 6.45. The zero-order valence-corrected chi connectivity index (χ0v) is 11.3. The van der Waals surface area contributed by atoms with E-state index in [1.807, 2.05) is 11.8 Å². The monoisotopic (exact) mass is 256 g/mol. The highest BCUT2D eigenvalue weighted by Gasteiger charge is 2.33. The first-order chi connectivity index (χ1) is 8.36. The molecule has 0 radical (unpaired) electrons. The van der Waals surface area contributed by atoms with Crippen LogP contribution in [0.15, 0.2) is 0 Å². The summed E-state index contributed by atoms with van der Waals surface area (Å²) in [6.07, 6.45) is 1.58. The van der Waals surface area contributed by atoms with Crippen molar-refractivity contribution in [3.63, 3.8) is 0 Å². The van der Waals surface area contributed by atoms with Gasteiger partial charge in [-0.15, -0.1) is 0 Å². The molecule has 0 saturated carbocycles. The summed E-state index contributed by atoms with van der Waals surface area (Å²) in [5, 5.41) is 0.